The number of rotatable bonds is 3. The smallest absolute Gasteiger partial charge is 0.407 e. The van der Waals surface area contributed by atoms with E-state index < -0.39 is 5.60 Å². The van der Waals surface area contributed by atoms with Gasteiger partial charge in [0.25, 0.3) is 0 Å². The molecule has 0 bridgehead atoms. The van der Waals surface area contributed by atoms with Crippen LogP contribution in [0.2, 0.25) is 0 Å². The van der Waals surface area contributed by atoms with Gasteiger partial charge in [-0.15, -0.1) is 0 Å². The summed E-state index contributed by atoms with van der Waals surface area (Å²) in [6.07, 6.45) is 8.11. The van der Waals surface area contributed by atoms with Crippen molar-refractivity contribution in [3.8, 4) is 0 Å². The van der Waals surface area contributed by atoms with Crippen molar-refractivity contribution in [2.45, 2.75) is 64.5 Å². The molecule has 1 aromatic heterocycles. The van der Waals surface area contributed by atoms with Crippen LogP contribution in [0.3, 0.4) is 0 Å². The highest BCUT2D eigenvalue weighted by Crippen LogP contribution is 2.30. The summed E-state index contributed by atoms with van der Waals surface area (Å²) < 4.78 is 5.35. The van der Waals surface area contributed by atoms with Gasteiger partial charge in [-0.2, -0.15) is 0 Å². The van der Waals surface area contributed by atoms with Gasteiger partial charge in [0.2, 0.25) is 0 Å². The fourth-order valence-corrected chi connectivity index (χ4v) is 3.62. The third kappa shape index (κ3) is 4.84. The summed E-state index contributed by atoms with van der Waals surface area (Å²) in [6, 6.07) is 4.08. The molecule has 1 fully saturated rings. The Balaban J connectivity index is 1.57. The van der Waals surface area contributed by atoms with Crippen LogP contribution >= 0.6 is 0 Å². The lowest BCUT2D eigenvalue weighted by Gasteiger charge is -2.30. The molecule has 0 aliphatic heterocycles. The number of anilines is 1. The zero-order valence-electron chi connectivity index (χ0n) is 15.8. The average Bonchev–Trinajstić information content (AvgIpc) is 2.55. The van der Waals surface area contributed by atoms with E-state index in [0.717, 1.165) is 54.4 Å². The fraction of sp³-hybridized carbons (Fsp3) is 0.550. The van der Waals surface area contributed by atoms with Crippen LogP contribution in [0.4, 0.5) is 10.5 Å². The first-order valence-corrected chi connectivity index (χ1v) is 9.29. The van der Waals surface area contributed by atoms with E-state index in [4.69, 9.17) is 10.5 Å². The largest absolute Gasteiger partial charge is 0.444 e. The number of carbonyl (C=O) groups is 1. The van der Waals surface area contributed by atoms with Crippen molar-refractivity contribution in [3.63, 3.8) is 0 Å². The van der Waals surface area contributed by atoms with E-state index in [9.17, 15) is 4.79 Å². The molecular weight excluding hydrogens is 328 g/mol. The predicted molar refractivity (Wildman–Crippen MR) is 103 cm³/mol. The van der Waals surface area contributed by atoms with Crippen LogP contribution in [0.5, 0.6) is 0 Å². The van der Waals surface area contributed by atoms with E-state index in [2.05, 4.69) is 15.3 Å². The van der Waals surface area contributed by atoms with Gasteiger partial charge in [-0.3, -0.25) is 9.97 Å². The minimum absolute atomic E-state index is 0.193. The number of carbonyl (C=O) groups excluding carboxylic acids is 1. The highest BCUT2D eigenvalue weighted by Gasteiger charge is 2.25. The van der Waals surface area contributed by atoms with Crippen LogP contribution in [0, 0.1) is 5.92 Å². The van der Waals surface area contributed by atoms with Crippen molar-refractivity contribution in [1.29, 1.82) is 0 Å². The van der Waals surface area contributed by atoms with Crippen molar-refractivity contribution >= 4 is 22.8 Å². The van der Waals surface area contributed by atoms with E-state index in [0.29, 0.717) is 5.92 Å². The van der Waals surface area contributed by atoms with Crippen molar-refractivity contribution in [3.05, 3.63) is 30.1 Å². The molecule has 0 atom stereocenters. The molecular formula is C20H28N4O2. The Kier molecular flexibility index (Phi) is 5.30. The van der Waals surface area contributed by atoms with E-state index in [1.807, 2.05) is 32.9 Å². The predicted octanol–water partition coefficient (Wildman–Crippen LogP) is 3.84. The summed E-state index contributed by atoms with van der Waals surface area (Å²) in [5, 5.41) is 3.00. The molecule has 3 N–H and O–H groups in total. The Bertz CT molecular complexity index is 777. The first kappa shape index (κ1) is 18.4. The van der Waals surface area contributed by atoms with Crippen molar-refractivity contribution < 1.29 is 9.53 Å². The molecule has 6 heteroatoms. The van der Waals surface area contributed by atoms with Gasteiger partial charge in [0.15, 0.2) is 0 Å². The van der Waals surface area contributed by atoms with Gasteiger partial charge in [0, 0.05) is 24.1 Å². The SMILES string of the molecule is CC(C)(C)OC(=O)NC1CCC(Cc2cc(N)cc3nccnc23)CC1. The number of hydrogen-bond donors (Lipinski definition) is 2. The molecule has 0 unspecified atom stereocenters. The standard InChI is InChI=1S/C20H28N4O2/c1-20(2,3)26-19(25)24-16-6-4-13(5-7-16)10-14-11-15(21)12-17-18(14)23-9-8-22-17/h8-9,11-13,16H,4-7,10,21H2,1-3H3,(H,24,25). The maximum absolute atomic E-state index is 11.9. The quantitative estimate of drug-likeness (QED) is 0.816. The van der Waals surface area contributed by atoms with Gasteiger partial charge < -0.3 is 15.8 Å². The summed E-state index contributed by atoms with van der Waals surface area (Å²) in [4.78, 5) is 20.8. The number of nitrogens with one attached hydrogen (secondary N) is 1. The van der Waals surface area contributed by atoms with Gasteiger partial charge in [-0.25, -0.2) is 4.79 Å². The molecule has 0 radical (unpaired) electrons. The Hall–Kier alpha value is -2.37. The minimum atomic E-state index is -0.462. The van der Waals surface area contributed by atoms with Crippen molar-refractivity contribution in [1.82, 2.24) is 15.3 Å². The number of hydrogen-bond acceptors (Lipinski definition) is 5. The fourth-order valence-electron chi connectivity index (χ4n) is 3.62. The molecule has 1 saturated carbocycles. The van der Waals surface area contributed by atoms with Crippen LogP contribution in [-0.4, -0.2) is 27.7 Å². The normalized spacial score (nSPS) is 20.7. The number of nitrogens with two attached hydrogens (primary N) is 1. The lowest BCUT2D eigenvalue weighted by atomic mass is 9.82. The third-order valence-electron chi connectivity index (χ3n) is 4.75. The summed E-state index contributed by atoms with van der Waals surface area (Å²) in [7, 11) is 0. The van der Waals surface area contributed by atoms with Crippen molar-refractivity contribution in [2.75, 3.05) is 5.73 Å². The van der Waals surface area contributed by atoms with Crippen LogP contribution in [-0.2, 0) is 11.2 Å². The number of nitrogens with zero attached hydrogens (tertiary/aromatic N) is 2. The minimum Gasteiger partial charge on any atom is -0.444 e. The maximum Gasteiger partial charge on any atom is 0.407 e. The zero-order chi connectivity index (χ0) is 18.7. The molecule has 6 nitrogen and oxygen atoms in total. The summed E-state index contributed by atoms with van der Waals surface area (Å²) >= 11 is 0. The Morgan fingerprint density at radius 1 is 1.19 bits per heavy atom. The molecule has 2 aromatic rings. The third-order valence-corrected chi connectivity index (χ3v) is 4.75. The van der Waals surface area contributed by atoms with Gasteiger partial charge in [0.05, 0.1) is 11.0 Å². The molecule has 3 rings (SSSR count). The number of fused-ring (bicyclic) bond motifs is 1. The number of aromatic nitrogens is 2. The average molecular weight is 356 g/mol. The monoisotopic (exact) mass is 356 g/mol. The molecule has 1 amide bonds. The van der Waals surface area contributed by atoms with Crippen LogP contribution in [0.15, 0.2) is 24.5 Å². The summed E-state index contributed by atoms with van der Waals surface area (Å²) in [6.45, 7) is 5.63. The second-order valence-corrected chi connectivity index (χ2v) is 8.17. The number of benzene rings is 1. The number of amides is 1. The summed E-state index contributed by atoms with van der Waals surface area (Å²) in [5.74, 6) is 0.568. The molecule has 1 aliphatic carbocycles. The Morgan fingerprint density at radius 2 is 1.88 bits per heavy atom. The molecule has 0 spiro atoms. The first-order valence-electron chi connectivity index (χ1n) is 9.29. The highest BCUT2D eigenvalue weighted by molar-refractivity contribution is 5.81. The lowest BCUT2D eigenvalue weighted by Crippen LogP contribution is -2.41. The van der Waals surface area contributed by atoms with Gasteiger partial charge in [-0.05, 0) is 76.5 Å². The molecule has 1 aliphatic rings. The highest BCUT2D eigenvalue weighted by atomic mass is 16.6. The van der Waals surface area contributed by atoms with Gasteiger partial charge in [-0.1, -0.05) is 0 Å². The first-order chi connectivity index (χ1) is 12.3. The topological polar surface area (TPSA) is 90.1 Å². The summed E-state index contributed by atoms with van der Waals surface area (Å²) in [5.41, 5.74) is 9.25. The second-order valence-electron chi connectivity index (χ2n) is 8.17. The molecule has 1 aromatic carbocycles. The van der Waals surface area contributed by atoms with E-state index in [-0.39, 0.29) is 12.1 Å². The van der Waals surface area contributed by atoms with Crippen LogP contribution < -0.4 is 11.1 Å². The van der Waals surface area contributed by atoms with Gasteiger partial charge >= 0.3 is 6.09 Å². The van der Waals surface area contributed by atoms with E-state index in [1.165, 1.54) is 0 Å². The Morgan fingerprint density at radius 3 is 2.58 bits per heavy atom. The van der Waals surface area contributed by atoms with Crippen LogP contribution in [0.25, 0.3) is 11.0 Å². The van der Waals surface area contributed by atoms with Crippen LogP contribution in [0.1, 0.15) is 52.0 Å². The van der Waals surface area contributed by atoms with E-state index >= 15 is 0 Å². The number of alkyl carbamates (subject to hydrolysis) is 1. The maximum atomic E-state index is 11.9. The number of ether oxygens (including phenoxy) is 1. The number of nitrogen functional groups attached to an aromatic ring is 1. The van der Waals surface area contributed by atoms with E-state index in [1.54, 1.807) is 12.4 Å². The molecule has 0 saturated heterocycles. The molecule has 140 valence electrons. The second kappa shape index (κ2) is 7.48. The Labute approximate surface area is 154 Å². The molecule has 26 heavy (non-hydrogen) atoms. The molecule has 1 heterocycles. The van der Waals surface area contributed by atoms with Crippen molar-refractivity contribution in [2.24, 2.45) is 5.92 Å². The lowest BCUT2D eigenvalue weighted by molar-refractivity contribution is 0.0487. The van der Waals surface area contributed by atoms with Gasteiger partial charge in [0.1, 0.15) is 5.60 Å². The zero-order valence-corrected chi connectivity index (χ0v) is 15.8.